The Morgan fingerprint density at radius 2 is 1.89 bits per heavy atom. The van der Waals surface area contributed by atoms with Gasteiger partial charge in [-0.1, -0.05) is 30.3 Å². The lowest BCUT2D eigenvalue weighted by atomic mass is 9.83. The summed E-state index contributed by atoms with van der Waals surface area (Å²) in [5, 5.41) is 2.98. The minimum atomic E-state index is -3.58. The number of carbonyl (C=O) groups is 1. The Morgan fingerprint density at radius 3 is 2.63 bits per heavy atom. The third kappa shape index (κ3) is 4.64. The highest BCUT2D eigenvalue weighted by atomic mass is 32.2. The van der Waals surface area contributed by atoms with Crippen molar-refractivity contribution in [3.8, 4) is 0 Å². The fourth-order valence-corrected chi connectivity index (χ4v) is 4.42. The molecule has 1 aliphatic rings. The van der Waals surface area contributed by atoms with E-state index in [2.05, 4.69) is 34.8 Å². The number of aryl methyl sites for hydroxylation is 1. The maximum atomic E-state index is 12.4. The zero-order chi connectivity index (χ0) is 19.3. The van der Waals surface area contributed by atoms with E-state index >= 15 is 0 Å². The summed E-state index contributed by atoms with van der Waals surface area (Å²) in [4.78, 5) is 12.6. The van der Waals surface area contributed by atoms with E-state index in [9.17, 15) is 13.2 Å². The van der Waals surface area contributed by atoms with Gasteiger partial charge in [0.25, 0.3) is 5.91 Å². The van der Waals surface area contributed by atoms with Crippen molar-refractivity contribution in [2.24, 2.45) is 0 Å². The highest BCUT2D eigenvalue weighted by molar-refractivity contribution is 7.89. The minimum Gasteiger partial charge on any atom is -0.351 e. The zero-order valence-electron chi connectivity index (χ0n) is 15.1. The minimum absolute atomic E-state index is 0.127. The van der Waals surface area contributed by atoms with Gasteiger partial charge in [-0.05, 0) is 54.7 Å². The smallest absolute Gasteiger partial charge is 0.251 e. The summed E-state index contributed by atoms with van der Waals surface area (Å²) in [6.45, 7) is 4.23. The topological polar surface area (TPSA) is 75.3 Å². The van der Waals surface area contributed by atoms with Crippen molar-refractivity contribution >= 4 is 15.9 Å². The maximum absolute atomic E-state index is 12.4. The monoisotopic (exact) mass is 384 g/mol. The van der Waals surface area contributed by atoms with Gasteiger partial charge in [0.2, 0.25) is 10.0 Å². The van der Waals surface area contributed by atoms with Crippen molar-refractivity contribution < 1.29 is 13.2 Å². The summed E-state index contributed by atoms with van der Waals surface area (Å²) in [6.07, 6.45) is 4.75. The van der Waals surface area contributed by atoms with E-state index in [1.54, 1.807) is 0 Å². The second kappa shape index (κ2) is 8.50. The number of fused-ring (bicyclic) bond motifs is 1. The van der Waals surface area contributed by atoms with Crippen molar-refractivity contribution in [1.29, 1.82) is 0 Å². The number of rotatable bonds is 7. The molecule has 0 heterocycles. The van der Waals surface area contributed by atoms with Gasteiger partial charge in [-0.25, -0.2) is 13.1 Å². The van der Waals surface area contributed by atoms with Crippen molar-refractivity contribution in [3.05, 3.63) is 77.9 Å². The lowest BCUT2D eigenvalue weighted by Crippen LogP contribution is -2.30. The number of hydrogen-bond acceptors (Lipinski definition) is 3. The summed E-state index contributed by atoms with van der Waals surface area (Å²) in [6, 6.07) is 14.3. The molecule has 1 aliphatic carbocycles. The van der Waals surface area contributed by atoms with Crippen LogP contribution in [0.1, 0.15) is 40.2 Å². The van der Waals surface area contributed by atoms with Crippen LogP contribution in [0.5, 0.6) is 0 Å². The number of sulfonamides is 1. The zero-order valence-corrected chi connectivity index (χ0v) is 16.0. The summed E-state index contributed by atoms with van der Waals surface area (Å²) < 4.78 is 26.5. The van der Waals surface area contributed by atoms with E-state index in [1.165, 1.54) is 41.5 Å². The average Bonchev–Trinajstić information content (AvgIpc) is 2.70. The van der Waals surface area contributed by atoms with Crippen LogP contribution >= 0.6 is 0 Å². The van der Waals surface area contributed by atoms with E-state index < -0.39 is 10.0 Å². The molecule has 0 radical (unpaired) electrons. The number of carbonyl (C=O) groups excluding carboxylic acids is 1. The van der Waals surface area contributed by atoms with Crippen molar-refractivity contribution in [2.45, 2.75) is 30.1 Å². The molecule has 1 amide bonds. The highest BCUT2D eigenvalue weighted by Crippen LogP contribution is 2.30. The largest absolute Gasteiger partial charge is 0.351 e. The molecule has 0 fully saturated rings. The molecular formula is C21H24N2O3S. The van der Waals surface area contributed by atoms with Crippen LogP contribution in [0, 0.1) is 0 Å². The number of nitrogens with one attached hydrogen (secondary N) is 2. The fraction of sp³-hybridized carbons (Fsp3) is 0.286. The molecule has 0 saturated heterocycles. The second-order valence-electron chi connectivity index (χ2n) is 6.66. The average molecular weight is 385 g/mol. The summed E-state index contributed by atoms with van der Waals surface area (Å²) in [5.41, 5.74) is 3.13. The van der Waals surface area contributed by atoms with E-state index in [4.69, 9.17) is 0 Å². The molecule has 142 valence electrons. The Kier molecular flexibility index (Phi) is 6.08. The molecule has 0 bridgehead atoms. The maximum Gasteiger partial charge on any atom is 0.251 e. The van der Waals surface area contributed by atoms with E-state index in [0.29, 0.717) is 18.0 Å². The first-order valence-corrected chi connectivity index (χ1v) is 10.6. The predicted octanol–water partition coefficient (Wildman–Crippen LogP) is 3.00. The van der Waals surface area contributed by atoms with Crippen LogP contribution < -0.4 is 10.0 Å². The van der Waals surface area contributed by atoms with Gasteiger partial charge in [0.05, 0.1) is 4.90 Å². The lowest BCUT2D eigenvalue weighted by molar-refractivity contribution is 0.0950. The van der Waals surface area contributed by atoms with Gasteiger partial charge < -0.3 is 5.32 Å². The van der Waals surface area contributed by atoms with Crippen molar-refractivity contribution in [1.82, 2.24) is 10.0 Å². The molecule has 0 aromatic heterocycles. The van der Waals surface area contributed by atoms with Crippen LogP contribution in [-0.4, -0.2) is 27.4 Å². The molecule has 27 heavy (non-hydrogen) atoms. The highest BCUT2D eigenvalue weighted by Gasteiger charge is 2.20. The van der Waals surface area contributed by atoms with Gasteiger partial charge in [-0.2, -0.15) is 0 Å². The van der Waals surface area contributed by atoms with Gasteiger partial charge >= 0.3 is 0 Å². The van der Waals surface area contributed by atoms with Crippen molar-refractivity contribution in [2.75, 3.05) is 13.1 Å². The summed E-state index contributed by atoms with van der Waals surface area (Å²) >= 11 is 0. The molecule has 2 aromatic rings. The van der Waals surface area contributed by atoms with E-state index in [-0.39, 0.29) is 17.3 Å². The first kappa shape index (κ1) is 19.3. The standard InChI is InChI=1S/C21H24N2O3S/c1-2-14-23-27(25,26)19-12-10-17(11-13-19)21(24)22-15-18-8-5-7-16-6-3-4-9-20(16)18/h2-4,6,9-13,18,23H,1,5,7-8,14-15H2,(H,22,24). The Labute approximate surface area is 160 Å². The molecule has 0 aliphatic heterocycles. The third-order valence-corrected chi connectivity index (χ3v) is 6.29. The Bertz CT molecular complexity index is 921. The van der Waals surface area contributed by atoms with Crippen LogP contribution in [0.4, 0.5) is 0 Å². The summed E-state index contributed by atoms with van der Waals surface area (Å²) in [7, 11) is -3.58. The summed E-state index contributed by atoms with van der Waals surface area (Å²) in [5.74, 6) is 0.128. The van der Waals surface area contributed by atoms with Gasteiger partial charge in [0.1, 0.15) is 0 Å². The Balaban J connectivity index is 1.63. The normalized spacial score (nSPS) is 16.4. The van der Waals surface area contributed by atoms with Crippen LogP contribution in [0.15, 0.2) is 66.1 Å². The van der Waals surface area contributed by atoms with Gasteiger partial charge in [0.15, 0.2) is 0 Å². The van der Waals surface area contributed by atoms with E-state index in [1.807, 2.05) is 6.07 Å². The van der Waals surface area contributed by atoms with Crippen LogP contribution in [-0.2, 0) is 16.4 Å². The Hall–Kier alpha value is -2.44. The number of amides is 1. The molecule has 0 saturated carbocycles. The first-order valence-electron chi connectivity index (χ1n) is 9.08. The molecule has 1 atom stereocenters. The van der Waals surface area contributed by atoms with E-state index in [0.717, 1.165) is 19.3 Å². The van der Waals surface area contributed by atoms with Crippen LogP contribution in [0.25, 0.3) is 0 Å². The van der Waals surface area contributed by atoms with Crippen LogP contribution in [0.3, 0.4) is 0 Å². The van der Waals surface area contributed by atoms with Crippen LogP contribution in [0.2, 0.25) is 0 Å². The van der Waals surface area contributed by atoms with Gasteiger partial charge in [-0.15, -0.1) is 6.58 Å². The predicted molar refractivity (Wildman–Crippen MR) is 106 cm³/mol. The molecule has 6 heteroatoms. The lowest BCUT2D eigenvalue weighted by Gasteiger charge is -2.25. The third-order valence-electron chi connectivity index (χ3n) is 4.85. The molecule has 1 unspecified atom stereocenters. The Morgan fingerprint density at radius 1 is 1.15 bits per heavy atom. The number of hydrogen-bond donors (Lipinski definition) is 2. The molecule has 3 rings (SSSR count). The quantitative estimate of drug-likeness (QED) is 0.721. The number of benzene rings is 2. The van der Waals surface area contributed by atoms with Gasteiger partial charge in [-0.3, -0.25) is 4.79 Å². The molecular weight excluding hydrogens is 360 g/mol. The SMILES string of the molecule is C=CCNS(=O)(=O)c1ccc(C(=O)NCC2CCCc3ccccc32)cc1. The van der Waals surface area contributed by atoms with Crippen molar-refractivity contribution in [3.63, 3.8) is 0 Å². The molecule has 5 nitrogen and oxygen atoms in total. The molecule has 2 N–H and O–H groups in total. The molecule has 0 spiro atoms. The molecule has 2 aromatic carbocycles. The van der Waals surface area contributed by atoms with Gasteiger partial charge in [0, 0.05) is 24.6 Å². The fourth-order valence-electron chi connectivity index (χ4n) is 3.42. The first-order chi connectivity index (χ1) is 13.0. The second-order valence-corrected chi connectivity index (χ2v) is 8.43.